The predicted molar refractivity (Wildman–Crippen MR) is 52.7 cm³/mol. The molecule has 0 aromatic rings. The van der Waals surface area contributed by atoms with Gasteiger partial charge in [-0.05, 0) is 19.1 Å². The van der Waals surface area contributed by atoms with Crippen molar-refractivity contribution in [3.8, 4) is 0 Å². The summed E-state index contributed by atoms with van der Waals surface area (Å²) >= 11 is 5.45. The van der Waals surface area contributed by atoms with E-state index in [9.17, 15) is 4.79 Å². The van der Waals surface area contributed by atoms with Crippen LogP contribution in [-0.4, -0.2) is 17.0 Å². The smallest absolute Gasteiger partial charge is 0.322 e. The number of rotatable bonds is 3. The van der Waals surface area contributed by atoms with Crippen LogP contribution in [0.4, 0.5) is 0 Å². The summed E-state index contributed by atoms with van der Waals surface area (Å²) in [5.41, 5.74) is 0. The minimum atomic E-state index is -0.378. The first-order valence-corrected chi connectivity index (χ1v) is 4.50. The summed E-state index contributed by atoms with van der Waals surface area (Å²) in [6, 6.07) is 0. The van der Waals surface area contributed by atoms with Gasteiger partial charge in [0.1, 0.15) is 12.0 Å². The third-order valence-electron chi connectivity index (χ3n) is 0.776. The van der Waals surface area contributed by atoms with E-state index in [1.165, 1.54) is 6.08 Å². The molecule has 0 radical (unpaired) electrons. The van der Waals surface area contributed by atoms with Gasteiger partial charge < -0.3 is 8.92 Å². The van der Waals surface area contributed by atoms with E-state index in [-0.39, 0.29) is 16.8 Å². The van der Waals surface area contributed by atoms with E-state index in [1.807, 2.05) is 0 Å². The molecular formula is C7H10O3S2. The molecule has 0 bridgehead atoms. The van der Waals surface area contributed by atoms with Gasteiger partial charge in [0, 0.05) is 0 Å². The Kier molecular flexibility index (Phi) is 6.79. The summed E-state index contributed by atoms with van der Waals surface area (Å²) in [4.78, 5) is 10.7. The lowest BCUT2D eigenvalue weighted by atomic mass is 10.4. The molecule has 0 aliphatic heterocycles. The van der Waals surface area contributed by atoms with Gasteiger partial charge in [-0.3, -0.25) is 4.79 Å². The van der Waals surface area contributed by atoms with Crippen molar-refractivity contribution in [3.05, 3.63) is 12.7 Å². The first-order chi connectivity index (χ1) is 5.70. The van der Waals surface area contributed by atoms with Crippen LogP contribution >= 0.6 is 24.3 Å². The van der Waals surface area contributed by atoms with Gasteiger partial charge in [0.25, 0.3) is 4.38 Å². The molecule has 0 unspecified atom stereocenters. The zero-order valence-electron chi connectivity index (χ0n) is 6.74. The highest BCUT2D eigenvalue weighted by atomic mass is 32.2. The van der Waals surface area contributed by atoms with Gasteiger partial charge in [0.05, 0.1) is 13.0 Å². The molecule has 0 atom stereocenters. The normalized spacial score (nSPS) is 8.75. The molecule has 68 valence electrons. The van der Waals surface area contributed by atoms with E-state index < -0.39 is 0 Å². The average molecular weight is 206 g/mol. The van der Waals surface area contributed by atoms with Crippen molar-refractivity contribution in [1.82, 2.24) is 0 Å². The molecule has 0 aliphatic carbocycles. The summed E-state index contributed by atoms with van der Waals surface area (Å²) in [6.45, 7) is 5.67. The highest BCUT2D eigenvalue weighted by Gasteiger charge is 2.04. The lowest BCUT2D eigenvalue weighted by molar-refractivity contribution is -0.132. The molecule has 12 heavy (non-hydrogen) atoms. The van der Waals surface area contributed by atoms with E-state index in [4.69, 9.17) is 17.0 Å². The Morgan fingerprint density at radius 2 is 2.42 bits per heavy atom. The average Bonchev–Trinajstić information content (AvgIpc) is 2.02. The van der Waals surface area contributed by atoms with Crippen LogP contribution in [0.5, 0.6) is 0 Å². The number of hydrogen-bond donors (Lipinski definition) is 0. The van der Waals surface area contributed by atoms with Crippen molar-refractivity contribution >= 4 is 34.6 Å². The zero-order valence-corrected chi connectivity index (χ0v) is 8.37. The fourth-order valence-electron chi connectivity index (χ4n) is 0.374. The summed E-state index contributed by atoms with van der Waals surface area (Å²) in [5, 5.41) is 0. The topological polar surface area (TPSA) is 35.5 Å². The monoisotopic (exact) mass is 206 g/mol. The van der Waals surface area contributed by atoms with Crippen LogP contribution in [0.1, 0.15) is 13.3 Å². The lowest BCUT2D eigenvalue weighted by Gasteiger charge is -2.02. The number of hydrogen-bond acceptors (Lipinski definition) is 5. The van der Waals surface area contributed by atoms with Crippen LogP contribution in [0.2, 0.25) is 0 Å². The van der Waals surface area contributed by atoms with Gasteiger partial charge in [0.2, 0.25) is 0 Å². The largest absolute Gasteiger partial charge is 0.477 e. The van der Waals surface area contributed by atoms with Crippen molar-refractivity contribution < 1.29 is 13.7 Å². The molecule has 0 saturated carbocycles. The van der Waals surface area contributed by atoms with Crippen molar-refractivity contribution in [2.45, 2.75) is 13.3 Å². The Labute approximate surface area is 81.3 Å². The Hall–Kier alpha value is -0.550. The van der Waals surface area contributed by atoms with Crippen molar-refractivity contribution in [3.63, 3.8) is 0 Å². The molecule has 0 fully saturated rings. The molecule has 0 rings (SSSR count). The predicted octanol–water partition coefficient (Wildman–Crippen LogP) is 2.08. The standard InChI is InChI=1S/C7H10O3S2/c1-3-5-6(8)10-12-7(11)9-4-2/h3H,1,4-5H2,2H3. The molecule has 5 heteroatoms. The number of carbonyl (C=O) groups is 1. The minimum Gasteiger partial charge on any atom is -0.477 e. The summed E-state index contributed by atoms with van der Waals surface area (Å²) in [7, 11) is 0. The van der Waals surface area contributed by atoms with Gasteiger partial charge in [0.15, 0.2) is 0 Å². The third-order valence-corrected chi connectivity index (χ3v) is 1.62. The van der Waals surface area contributed by atoms with Crippen LogP contribution in [0.25, 0.3) is 0 Å². The Morgan fingerprint density at radius 1 is 1.75 bits per heavy atom. The first kappa shape index (κ1) is 11.4. The molecule has 0 aromatic heterocycles. The Morgan fingerprint density at radius 3 is 2.92 bits per heavy atom. The molecule has 0 amide bonds. The Balaban J connectivity index is 3.46. The van der Waals surface area contributed by atoms with Crippen LogP contribution in [0, 0.1) is 0 Å². The van der Waals surface area contributed by atoms with Crippen LogP contribution in [-0.2, 0) is 13.7 Å². The van der Waals surface area contributed by atoms with E-state index in [1.54, 1.807) is 6.92 Å². The lowest BCUT2D eigenvalue weighted by Crippen LogP contribution is -2.01. The van der Waals surface area contributed by atoms with Crippen molar-refractivity contribution in [1.29, 1.82) is 0 Å². The molecule has 3 nitrogen and oxygen atoms in total. The number of ether oxygens (including phenoxy) is 1. The molecule has 0 heterocycles. The van der Waals surface area contributed by atoms with E-state index in [0.29, 0.717) is 6.61 Å². The van der Waals surface area contributed by atoms with Crippen molar-refractivity contribution in [2.75, 3.05) is 6.61 Å². The van der Waals surface area contributed by atoms with Gasteiger partial charge >= 0.3 is 5.97 Å². The van der Waals surface area contributed by atoms with E-state index >= 15 is 0 Å². The maximum atomic E-state index is 10.7. The SMILES string of the molecule is C=CCC(=O)OSC(=S)OCC. The van der Waals surface area contributed by atoms with Crippen molar-refractivity contribution in [2.24, 2.45) is 0 Å². The van der Waals surface area contributed by atoms with E-state index in [2.05, 4.69) is 10.8 Å². The summed E-state index contributed by atoms with van der Waals surface area (Å²) < 4.78 is 9.72. The van der Waals surface area contributed by atoms with E-state index in [0.717, 1.165) is 12.0 Å². The Bertz CT molecular complexity index is 179. The fourth-order valence-corrected chi connectivity index (χ4v) is 0.989. The quantitative estimate of drug-likeness (QED) is 0.401. The second kappa shape index (κ2) is 7.12. The maximum absolute atomic E-state index is 10.7. The van der Waals surface area contributed by atoms with Crippen LogP contribution < -0.4 is 0 Å². The van der Waals surface area contributed by atoms with Gasteiger partial charge in [-0.15, -0.1) is 6.58 Å². The third kappa shape index (κ3) is 6.18. The number of thiocarbonyl (C=S) groups is 1. The molecule has 0 N–H and O–H groups in total. The second-order valence-electron chi connectivity index (χ2n) is 1.71. The first-order valence-electron chi connectivity index (χ1n) is 3.35. The van der Waals surface area contributed by atoms with Gasteiger partial charge in [-0.1, -0.05) is 6.08 Å². The van der Waals surface area contributed by atoms with Crippen LogP contribution in [0.3, 0.4) is 0 Å². The highest BCUT2D eigenvalue weighted by molar-refractivity contribution is 8.19. The van der Waals surface area contributed by atoms with Gasteiger partial charge in [-0.2, -0.15) is 0 Å². The molecule has 0 aromatic carbocycles. The highest BCUT2D eigenvalue weighted by Crippen LogP contribution is 2.08. The molecule has 0 aliphatic rings. The minimum absolute atomic E-state index is 0.182. The number of carbonyl (C=O) groups excluding carboxylic acids is 1. The maximum Gasteiger partial charge on any atom is 0.322 e. The molecule has 0 spiro atoms. The summed E-state index contributed by atoms with van der Waals surface area (Å²) in [6.07, 6.45) is 1.65. The summed E-state index contributed by atoms with van der Waals surface area (Å²) in [5.74, 6) is -0.378. The molecular weight excluding hydrogens is 196 g/mol. The molecule has 0 saturated heterocycles. The zero-order chi connectivity index (χ0) is 9.40. The second-order valence-corrected chi connectivity index (χ2v) is 3.05. The van der Waals surface area contributed by atoms with Crippen LogP contribution in [0.15, 0.2) is 12.7 Å². The van der Waals surface area contributed by atoms with Gasteiger partial charge in [-0.25, -0.2) is 0 Å². The fraction of sp³-hybridized carbons (Fsp3) is 0.429.